The van der Waals surface area contributed by atoms with Crippen molar-refractivity contribution in [1.29, 1.82) is 0 Å². The van der Waals surface area contributed by atoms with Crippen LogP contribution in [0, 0.1) is 5.92 Å². The molecule has 0 bridgehead atoms. The number of aliphatic carboxylic acids is 1. The van der Waals surface area contributed by atoms with E-state index in [1.165, 1.54) is 7.11 Å². The van der Waals surface area contributed by atoms with Gasteiger partial charge >= 0.3 is 5.97 Å². The van der Waals surface area contributed by atoms with Crippen molar-refractivity contribution < 1.29 is 19.4 Å². The van der Waals surface area contributed by atoms with Crippen LogP contribution in [0.25, 0.3) is 0 Å². The number of benzene rings is 1. The summed E-state index contributed by atoms with van der Waals surface area (Å²) in [7, 11) is 1.45. The maximum Gasteiger partial charge on any atom is 0.314 e. The summed E-state index contributed by atoms with van der Waals surface area (Å²) in [5.41, 5.74) is 0.288. The Morgan fingerprint density at radius 2 is 2.12 bits per heavy atom. The third-order valence-corrected chi connectivity index (χ3v) is 2.94. The summed E-state index contributed by atoms with van der Waals surface area (Å²) >= 11 is 3.25. The predicted octanol–water partition coefficient (Wildman–Crippen LogP) is 2.75. The largest absolute Gasteiger partial charge is 0.496 e. The molecule has 0 aromatic heterocycles. The molecule has 1 aromatic carbocycles. The lowest BCUT2D eigenvalue weighted by atomic mass is 9.95. The van der Waals surface area contributed by atoms with Crippen LogP contribution in [-0.2, 0) is 4.79 Å². The number of ketones is 1. The van der Waals surface area contributed by atoms with Gasteiger partial charge in [0.2, 0.25) is 0 Å². The van der Waals surface area contributed by atoms with Crippen LogP contribution in [0.15, 0.2) is 22.7 Å². The van der Waals surface area contributed by atoms with Crippen LogP contribution < -0.4 is 4.74 Å². The number of halogens is 1. The molecule has 0 radical (unpaired) electrons. The number of carboxylic acid groups (broad SMARTS) is 1. The Balaban J connectivity index is 3.18. The zero-order valence-corrected chi connectivity index (χ0v) is 11.2. The fourth-order valence-corrected chi connectivity index (χ4v) is 1.89. The van der Waals surface area contributed by atoms with E-state index in [0.717, 1.165) is 0 Å². The molecular formula is C12H13BrO4. The molecule has 1 unspecified atom stereocenters. The quantitative estimate of drug-likeness (QED) is 0.671. The van der Waals surface area contributed by atoms with Gasteiger partial charge in [0, 0.05) is 4.47 Å². The first-order valence-electron chi connectivity index (χ1n) is 5.11. The molecule has 5 heteroatoms. The first-order chi connectivity index (χ1) is 8.01. The van der Waals surface area contributed by atoms with Crippen molar-refractivity contribution in [3.63, 3.8) is 0 Å². The van der Waals surface area contributed by atoms with E-state index in [0.29, 0.717) is 10.2 Å². The Morgan fingerprint density at radius 3 is 2.59 bits per heavy atom. The van der Waals surface area contributed by atoms with Crippen LogP contribution in [0.5, 0.6) is 5.75 Å². The van der Waals surface area contributed by atoms with Gasteiger partial charge < -0.3 is 9.84 Å². The number of methoxy groups -OCH3 is 1. The third-order valence-electron chi connectivity index (χ3n) is 2.45. The van der Waals surface area contributed by atoms with Gasteiger partial charge in [0.05, 0.1) is 12.7 Å². The minimum absolute atomic E-state index is 0.254. The number of rotatable bonds is 5. The smallest absolute Gasteiger partial charge is 0.314 e. The summed E-state index contributed by atoms with van der Waals surface area (Å²) in [6, 6.07) is 4.94. The van der Waals surface area contributed by atoms with Crippen molar-refractivity contribution in [2.24, 2.45) is 5.92 Å². The molecule has 4 nitrogen and oxygen atoms in total. The molecule has 0 aliphatic rings. The summed E-state index contributed by atoms with van der Waals surface area (Å²) in [6.07, 6.45) is 0.254. The highest BCUT2D eigenvalue weighted by molar-refractivity contribution is 9.10. The maximum absolute atomic E-state index is 12.1. The molecule has 0 amide bonds. The summed E-state index contributed by atoms with van der Waals surface area (Å²) < 4.78 is 5.77. The van der Waals surface area contributed by atoms with E-state index >= 15 is 0 Å². The van der Waals surface area contributed by atoms with Gasteiger partial charge in [-0.05, 0) is 24.6 Å². The van der Waals surface area contributed by atoms with Gasteiger partial charge in [0.25, 0.3) is 0 Å². The summed E-state index contributed by atoms with van der Waals surface area (Å²) in [5.74, 6) is -2.19. The number of carbonyl (C=O) groups excluding carboxylic acids is 1. The molecule has 0 saturated carbocycles. The monoisotopic (exact) mass is 300 g/mol. The number of hydrogen-bond donors (Lipinski definition) is 1. The number of ether oxygens (including phenoxy) is 1. The Hall–Kier alpha value is -1.36. The highest BCUT2D eigenvalue weighted by Crippen LogP contribution is 2.26. The zero-order valence-electron chi connectivity index (χ0n) is 9.57. The van der Waals surface area contributed by atoms with Gasteiger partial charge in [-0.2, -0.15) is 0 Å². The lowest BCUT2D eigenvalue weighted by Crippen LogP contribution is -2.23. The number of Topliss-reactive ketones (excluding diaryl/α,β-unsaturated/α-hetero) is 1. The molecule has 0 spiro atoms. The fraction of sp³-hybridized carbons (Fsp3) is 0.333. The van der Waals surface area contributed by atoms with Crippen molar-refractivity contribution in [3.8, 4) is 5.75 Å². The molecule has 92 valence electrons. The summed E-state index contributed by atoms with van der Waals surface area (Å²) in [4.78, 5) is 23.0. The Labute approximate surface area is 108 Å². The minimum Gasteiger partial charge on any atom is -0.496 e. The van der Waals surface area contributed by atoms with Crippen LogP contribution in [-0.4, -0.2) is 24.0 Å². The minimum atomic E-state index is -1.11. The topological polar surface area (TPSA) is 63.6 Å². The second-order valence-electron chi connectivity index (χ2n) is 3.51. The average Bonchev–Trinajstić information content (AvgIpc) is 2.29. The van der Waals surface area contributed by atoms with Crippen LogP contribution in [0.1, 0.15) is 23.7 Å². The number of hydrogen-bond acceptors (Lipinski definition) is 3. The van der Waals surface area contributed by atoms with Crippen LogP contribution >= 0.6 is 15.9 Å². The van der Waals surface area contributed by atoms with E-state index in [1.807, 2.05) is 0 Å². The van der Waals surface area contributed by atoms with E-state index < -0.39 is 17.7 Å². The standard InChI is InChI=1S/C12H13BrO4/c1-3-8(12(15)16)11(14)9-6-7(13)4-5-10(9)17-2/h4-6,8H,3H2,1-2H3,(H,15,16). The summed E-state index contributed by atoms with van der Waals surface area (Å²) in [5, 5.41) is 8.96. The van der Waals surface area contributed by atoms with Gasteiger partial charge in [0.15, 0.2) is 5.78 Å². The number of carboxylic acids is 1. The lowest BCUT2D eigenvalue weighted by Gasteiger charge is -2.12. The van der Waals surface area contributed by atoms with Crippen molar-refractivity contribution in [1.82, 2.24) is 0 Å². The van der Waals surface area contributed by atoms with Gasteiger partial charge in [-0.25, -0.2) is 0 Å². The second-order valence-corrected chi connectivity index (χ2v) is 4.42. The van der Waals surface area contributed by atoms with Crippen molar-refractivity contribution >= 4 is 27.7 Å². The molecule has 1 rings (SSSR count). The molecule has 1 atom stereocenters. The molecule has 0 aliphatic carbocycles. The van der Waals surface area contributed by atoms with E-state index in [-0.39, 0.29) is 12.0 Å². The molecular weight excluding hydrogens is 288 g/mol. The molecule has 0 fully saturated rings. The van der Waals surface area contributed by atoms with Gasteiger partial charge in [-0.15, -0.1) is 0 Å². The Morgan fingerprint density at radius 1 is 1.47 bits per heavy atom. The lowest BCUT2D eigenvalue weighted by molar-refractivity contribution is -0.140. The predicted molar refractivity (Wildman–Crippen MR) is 66.4 cm³/mol. The normalized spacial score (nSPS) is 11.9. The fourth-order valence-electron chi connectivity index (χ4n) is 1.53. The van der Waals surface area contributed by atoms with Gasteiger partial charge in [-0.3, -0.25) is 9.59 Å². The Bertz CT molecular complexity index is 442. The molecule has 1 N–H and O–H groups in total. The zero-order chi connectivity index (χ0) is 13.0. The number of carbonyl (C=O) groups is 2. The van der Waals surface area contributed by atoms with Gasteiger partial charge in [-0.1, -0.05) is 22.9 Å². The highest BCUT2D eigenvalue weighted by Gasteiger charge is 2.27. The van der Waals surface area contributed by atoms with Crippen molar-refractivity contribution in [3.05, 3.63) is 28.2 Å². The van der Waals surface area contributed by atoms with Crippen LogP contribution in [0.2, 0.25) is 0 Å². The van der Waals surface area contributed by atoms with Crippen molar-refractivity contribution in [2.75, 3.05) is 7.11 Å². The van der Waals surface area contributed by atoms with Crippen LogP contribution in [0.4, 0.5) is 0 Å². The molecule has 17 heavy (non-hydrogen) atoms. The molecule has 0 heterocycles. The molecule has 0 aliphatic heterocycles. The van der Waals surface area contributed by atoms with E-state index in [1.54, 1.807) is 25.1 Å². The van der Waals surface area contributed by atoms with Gasteiger partial charge in [0.1, 0.15) is 11.7 Å². The maximum atomic E-state index is 12.1. The third kappa shape index (κ3) is 3.06. The van der Waals surface area contributed by atoms with Crippen LogP contribution in [0.3, 0.4) is 0 Å². The van der Waals surface area contributed by atoms with Crippen molar-refractivity contribution in [2.45, 2.75) is 13.3 Å². The average molecular weight is 301 g/mol. The summed E-state index contributed by atoms with van der Waals surface area (Å²) in [6.45, 7) is 1.67. The second kappa shape index (κ2) is 5.82. The first-order valence-corrected chi connectivity index (χ1v) is 5.91. The van der Waals surface area contributed by atoms with E-state index in [9.17, 15) is 9.59 Å². The van der Waals surface area contributed by atoms with E-state index in [4.69, 9.17) is 9.84 Å². The van der Waals surface area contributed by atoms with E-state index in [2.05, 4.69) is 15.9 Å². The highest BCUT2D eigenvalue weighted by atomic mass is 79.9. The molecule has 0 saturated heterocycles. The Kier molecular flexibility index (Phi) is 4.69. The SMILES string of the molecule is CCC(C(=O)O)C(=O)c1cc(Br)ccc1OC. The first kappa shape index (κ1) is 13.7. The molecule has 1 aromatic rings.